The van der Waals surface area contributed by atoms with Crippen LogP contribution >= 0.6 is 0 Å². The van der Waals surface area contributed by atoms with Crippen LogP contribution in [0, 0.1) is 11.8 Å². The van der Waals surface area contributed by atoms with E-state index in [9.17, 15) is 22.8 Å². The summed E-state index contributed by atoms with van der Waals surface area (Å²) in [6, 6.07) is 4.79. The first-order valence-corrected chi connectivity index (χ1v) is 15.8. The van der Waals surface area contributed by atoms with Gasteiger partial charge in [0.2, 0.25) is 0 Å². The van der Waals surface area contributed by atoms with Gasteiger partial charge in [0, 0.05) is 32.0 Å². The van der Waals surface area contributed by atoms with E-state index >= 15 is 0 Å². The molecule has 0 radical (unpaired) electrons. The Hall–Kier alpha value is -2.95. The summed E-state index contributed by atoms with van der Waals surface area (Å²) in [4.78, 5) is 25.7. The molecular formula is C34H43F3O8. The number of ketones is 1. The van der Waals surface area contributed by atoms with Gasteiger partial charge in [-0.25, -0.2) is 4.79 Å². The van der Waals surface area contributed by atoms with Gasteiger partial charge in [0.25, 0.3) is 5.79 Å². The third kappa shape index (κ3) is 10.5. The summed E-state index contributed by atoms with van der Waals surface area (Å²) >= 11 is 0. The first-order valence-electron chi connectivity index (χ1n) is 15.8. The maximum absolute atomic E-state index is 13.1. The van der Waals surface area contributed by atoms with Gasteiger partial charge in [0.05, 0.1) is 19.3 Å². The minimum absolute atomic E-state index is 0.0176. The summed E-state index contributed by atoms with van der Waals surface area (Å²) in [5.41, 5.74) is 2.34. The molecule has 0 N–H and O–H groups in total. The van der Waals surface area contributed by atoms with Crippen molar-refractivity contribution in [1.82, 2.24) is 0 Å². The highest BCUT2D eigenvalue weighted by molar-refractivity contribution is 5.83. The van der Waals surface area contributed by atoms with E-state index in [1.165, 1.54) is 19.2 Å². The van der Waals surface area contributed by atoms with Crippen molar-refractivity contribution in [2.45, 2.75) is 95.2 Å². The summed E-state index contributed by atoms with van der Waals surface area (Å²) in [7, 11) is 1.28. The number of methoxy groups -OCH3 is 1. The number of halogens is 3. The summed E-state index contributed by atoms with van der Waals surface area (Å²) in [6.45, 7) is 1.28. The molecule has 3 fully saturated rings. The summed E-state index contributed by atoms with van der Waals surface area (Å²) in [5.74, 6) is -2.29. The normalized spacial score (nSPS) is 25.4. The topological polar surface area (TPSA) is 89.5 Å². The average Bonchev–Trinajstić information content (AvgIpc) is 3.39. The predicted octanol–water partition coefficient (Wildman–Crippen LogP) is 7.07. The average molecular weight is 637 g/mol. The van der Waals surface area contributed by atoms with Crippen LogP contribution in [0.25, 0.3) is 0 Å². The number of allylic oxidation sites excluding steroid dienone is 1. The molecule has 1 aromatic rings. The highest BCUT2D eigenvalue weighted by atomic mass is 19.4. The van der Waals surface area contributed by atoms with Gasteiger partial charge in [-0.05, 0) is 94.1 Å². The molecule has 1 aromatic carbocycles. The SMILES string of the molecule is COC(=O)C(CC=C=CC[C@H]1C(=O)CC[C@@H]1/C=C/CCOc1cccc(C(F)(F)F)c1)(OC1CCCCO1)OC1CCCCO1. The lowest BCUT2D eigenvalue weighted by molar-refractivity contribution is -0.350. The van der Waals surface area contributed by atoms with Crippen LogP contribution in [0.5, 0.6) is 5.75 Å². The van der Waals surface area contributed by atoms with E-state index in [0.717, 1.165) is 44.2 Å². The van der Waals surface area contributed by atoms with E-state index in [-0.39, 0.29) is 36.4 Å². The number of esters is 1. The van der Waals surface area contributed by atoms with Crippen LogP contribution in [-0.4, -0.2) is 57.1 Å². The summed E-state index contributed by atoms with van der Waals surface area (Å²) in [6.07, 6.45) is 8.77. The fourth-order valence-electron chi connectivity index (χ4n) is 5.71. The van der Waals surface area contributed by atoms with Crippen molar-refractivity contribution >= 4 is 11.8 Å². The monoisotopic (exact) mass is 636 g/mol. The van der Waals surface area contributed by atoms with Gasteiger partial charge in [-0.2, -0.15) is 13.2 Å². The van der Waals surface area contributed by atoms with Crippen molar-refractivity contribution in [2.24, 2.45) is 11.8 Å². The standard InChI is InChI=1S/C34H43F3O8/c1-40-32(39)33(44-30-16-5-9-22-42-30,45-31-17-6-10-23-43-31)20-7-2-3-15-28-25(18-19-29(28)38)12-4-8-21-41-27-14-11-13-26(24-27)34(35,36)37/h3-4,7,11-14,24-25,28,30-31H,5-6,8-10,15-23H2,1H3/b12-4+/t2?,25-,28+,30?,31?,33?/m0/s1. The lowest BCUT2D eigenvalue weighted by Crippen LogP contribution is -2.51. The molecule has 2 heterocycles. The Bertz CT molecular complexity index is 1170. The second kappa shape index (κ2) is 17.1. The number of ether oxygens (including phenoxy) is 6. The molecule has 0 bridgehead atoms. The number of alkyl halides is 3. The number of benzene rings is 1. The van der Waals surface area contributed by atoms with Crippen LogP contribution in [0.2, 0.25) is 0 Å². The smallest absolute Gasteiger partial charge is 0.416 e. The Balaban J connectivity index is 1.33. The molecule has 2 saturated heterocycles. The van der Waals surface area contributed by atoms with Gasteiger partial charge >= 0.3 is 12.1 Å². The highest BCUT2D eigenvalue weighted by Crippen LogP contribution is 2.34. The predicted molar refractivity (Wildman–Crippen MR) is 158 cm³/mol. The summed E-state index contributed by atoms with van der Waals surface area (Å²) < 4.78 is 73.1. The second-order valence-corrected chi connectivity index (χ2v) is 11.5. The maximum Gasteiger partial charge on any atom is 0.416 e. The van der Waals surface area contributed by atoms with Gasteiger partial charge in [-0.3, -0.25) is 4.79 Å². The zero-order chi connectivity index (χ0) is 32.1. The molecule has 2 unspecified atom stereocenters. The zero-order valence-corrected chi connectivity index (χ0v) is 25.7. The van der Waals surface area contributed by atoms with Crippen molar-refractivity contribution in [1.29, 1.82) is 0 Å². The largest absolute Gasteiger partial charge is 0.493 e. The Labute approximate surface area is 262 Å². The number of carbonyl (C=O) groups excluding carboxylic acids is 2. The van der Waals surface area contributed by atoms with E-state index in [0.29, 0.717) is 45.3 Å². The molecule has 11 heteroatoms. The molecule has 1 saturated carbocycles. The molecule has 3 aliphatic rings. The number of Topliss-reactive ketones (excluding diaryl/α,β-unsaturated/α-hetero) is 1. The van der Waals surface area contributed by atoms with E-state index in [1.807, 2.05) is 12.2 Å². The first-order chi connectivity index (χ1) is 21.7. The third-order valence-corrected chi connectivity index (χ3v) is 8.15. The summed E-state index contributed by atoms with van der Waals surface area (Å²) in [5, 5.41) is 0. The van der Waals surface area contributed by atoms with E-state index < -0.39 is 36.1 Å². The molecular weight excluding hydrogens is 593 g/mol. The van der Waals surface area contributed by atoms with Crippen LogP contribution in [0.15, 0.2) is 54.3 Å². The highest BCUT2D eigenvalue weighted by Gasteiger charge is 2.47. The van der Waals surface area contributed by atoms with Crippen molar-refractivity contribution in [3.63, 3.8) is 0 Å². The number of carbonyl (C=O) groups is 2. The van der Waals surface area contributed by atoms with Gasteiger partial charge in [-0.1, -0.05) is 18.2 Å². The maximum atomic E-state index is 13.1. The first kappa shape index (κ1) is 34.9. The van der Waals surface area contributed by atoms with Crippen molar-refractivity contribution in [2.75, 3.05) is 26.9 Å². The van der Waals surface area contributed by atoms with E-state index in [1.54, 1.807) is 12.2 Å². The molecule has 2 aliphatic heterocycles. The Morgan fingerprint density at radius 1 is 1.02 bits per heavy atom. The van der Waals surface area contributed by atoms with Crippen molar-refractivity contribution in [3.05, 3.63) is 59.9 Å². The van der Waals surface area contributed by atoms with E-state index in [2.05, 4.69) is 5.73 Å². The van der Waals surface area contributed by atoms with Crippen molar-refractivity contribution in [3.8, 4) is 5.75 Å². The Morgan fingerprint density at radius 3 is 2.36 bits per heavy atom. The number of hydrogen-bond acceptors (Lipinski definition) is 8. The van der Waals surface area contributed by atoms with Crippen LogP contribution < -0.4 is 4.74 Å². The minimum Gasteiger partial charge on any atom is -0.493 e. The quantitative estimate of drug-likeness (QED) is 0.0705. The lowest BCUT2D eigenvalue weighted by Gasteiger charge is -2.38. The zero-order valence-electron chi connectivity index (χ0n) is 25.7. The molecule has 0 amide bonds. The van der Waals surface area contributed by atoms with Crippen LogP contribution in [-0.2, 0) is 39.4 Å². The molecule has 4 atom stereocenters. The van der Waals surface area contributed by atoms with Gasteiger partial charge < -0.3 is 28.4 Å². The Kier molecular flexibility index (Phi) is 13.3. The van der Waals surface area contributed by atoms with Crippen LogP contribution in [0.1, 0.15) is 76.2 Å². The van der Waals surface area contributed by atoms with Crippen LogP contribution in [0.4, 0.5) is 13.2 Å². The van der Waals surface area contributed by atoms with Gasteiger partial charge in [0.1, 0.15) is 11.5 Å². The van der Waals surface area contributed by atoms with E-state index in [4.69, 9.17) is 28.4 Å². The second-order valence-electron chi connectivity index (χ2n) is 11.5. The third-order valence-electron chi connectivity index (χ3n) is 8.15. The molecule has 45 heavy (non-hydrogen) atoms. The lowest BCUT2D eigenvalue weighted by atomic mass is 9.91. The molecule has 4 rings (SSSR count). The number of rotatable bonds is 14. The molecule has 0 aromatic heterocycles. The number of hydrogen-bond donors (Lipinski definition) is 0. The Morgan fingerprint density at radius 2 is 1.73 bits per heavy atom. The molecule has 1 aliphatic carbocycles. The molecule has 0 spiro atoms. The minimum atomic E-state index is -4.42. The molecule has 8 nitrogen and oxygen atoms in total. The molecule has 248 valence electrons. The van der Waals surface area contributed by atoms with Crippen molar-refractivity contribution < 1.29 is 51.2 Å². The van der Waals surface area contributed by atoms with Gasteiger partial charge in [0.15, 0.2) is 12.6 Å². The fraction of sp³-hybridized carbons (Fsp3) is 0.618. The van der Waals surface area contributed by atoms with Crippen LogP contribution in [0.3, 0.4) is 0 Å². The van der Waals surface area contributed by atoms with Gasteiger partial charge in [-0.15, -0.1) is 5.73 Å². The fourth-order valence-corrected chi connectivity index (χ4v) is 5.71.